The van der Waals surface area contributed by atoms with E-state index in [9.17, 15) is 4.79 Å². The fraction of sp³-hybridized carbons (Fsp3) is 0.273. The zero-order chi connectivity index (χ0) is 22.2. The third kappa shape index (κ3) is 3.76. The Kier molecular flexibility index (Phi) is 5.40. The molecule has 1 aliphatic heterocycles. The summed E-state index contributed by atoms with van der Waals surface area (Å²) >= 11 is 3.59. The van der Waals surface area contributed by atoms with Crippen molar-refractivity contribution < 1.29 is 9.53 Å². The minimum Gasteiger partial charge on any atom is -0.497 e. The van der Waals surface area contributed by atoms with E-state index in [2.05, 4.69) is 31.5 Å². The van der Waals surface area contributed by atoms with Crippen LogP contribution in [0.25, 0.3) is 27.9 Å². The molecule has 5 rings (SSSR count). The first-order chi connectivity index (χ1) is 15.5. The predicted molar refractivity (Wildman–Crippen MR) is 126 cm³/mol. The Balaban J connectivity index is 1.65. The van der Waals surface area contributed by atoms with Crippen molar-refractivity contribution in [1.29, 1.82) is 0 Å². The number of benzene rings is 2. The zero-order valence-corrected chi connectivity index (χ0v) is 19.3. The lowest BCUT2D eigenvalue weighted by atomic mass is 10.2. The fourth-order valence-electron chi connectivity index (χ4n) is 3.80. The van der Waals surface area contributed by atoms with Gasteiger partial charge in [-0.2, -0.15) is 4.52 Å². The fourth-order valence-corrected chi connectivity index (χ4v) is 4.25. The number of halogens is 1. The second-order valence-corrected chi connectivity index (χ2v) is 8.58. The smallest absolute Gasteiger partial charge is 0.243 e. The second kappa shape index (κ2) is 8.36. The average Bonchev–Trinajstić information content (AvgIpc) is 3.18. The van der Waals surface area contributed by atoms with E-state index in [0.29, 0.717) is 30.5 Å². The number of hydrogen-bond acceptors (Lipinski definition) is 7. The van der Waals surface area contributed by atoms with E-state index in [-0.39, 0.29) is 5.91 Å². The Labute approximate surface area is 192 Å². The highest BCUT2D eigenvalue weighted by molar-refractivity contribution is 9.10. The first kappa shape index (κ1) is 20.7. The standard InChI is InChI=1S/C22H22BrN7O2/c1-29-11-10-24-21(31)17(12-29)25-22-26-18-15(4-3-5-16(18)23)20-27-19(28-30(20)22)13-6-8-14(32-2)9-7-13/h3-9,17H,10-12H2,1-2H3,(H,24,31)(H,25,26)/t17-/m1/s1. The number of carbonyl (C=O) groups excluding carboxylic acids is 1. The summed E-state index contributed by atoms with van der Waals surface area (Å²) in [6, 6.07) is 13.0. The molecule has 1 fully saturated rings. The third-order valence-corrected chi connectivity index (χ3v) is 6.15. The normalized spacial score (nSPS) is 17.3. The third-order valence-electron chi connectivity index (χ3n) is 5.51. The summed E-state index contributed by atoms with van der Waals surface area (Å²) < 4.78 is 7.77. The van der Waals surface area contributed by atoms with Crippen LogP contribution in [0.1, 0.15) is 0 Å². The van der Waals surface area contributed by atoms with Gasteiger partial charge in [0.15, 0.2) is 11.5 Å². The SMILES string of the molecule is COc1ccc(-c2nc3c4cccc(Br)c4nc(N[C@@H]4CN(C)CCNC4=O)n3n2)cc1. The number of amides is 1. The monoisotopic (exact) mass is 495 g/mol. The molecule has 2 N–H and O–H groups in total. The molecule has 10 heteroatoms. The van der Waals surface area contributed by atoms with Gasteiger partial charge in [0, 0.05) is 35.1 Å². The van der Waals surface area contributed by atoms with Crippen LogP contribution in [0.5, 0.6) is 5.75 Å². The molecule has 1 aliphatic rings. The molecule has 3 heterocycles. The first-order valence-electron chi connectivity index (χ1n) is 10.3. The van der Waals surface area contributed by atoms with Crippen molar-refractivity contribution in [3.8, 4) is 17.1 Å². The Morgan fingerprint density at radius 2 is 2.00 bits per heavy atom. The number of nitrogens with one attached hydrogen (secondary N) is 2. The molecular formula is C22H22BrN7O2. The van der Waals surface area contributed by atoms with E-state index in [4.69, 9.17) is 19.8 Å². The molecule has 0 radical (unpaired) electrons. The number of carbonyl (C=O) groups is 1. The molecule has 0 bridgehead atoms. The molecule has 1 atom stereocenters. The largest absolute Gasteiger partial charge is 0.497 e. The number of aromatic nitrogens is 4. The maximum atomic E-state index is 12.6. The second-order valence-electron chi connectivity index (χ2n) is 7.72. The molecular weight excluding hydrogens is 474 g/mol. The molecule has 0 spiro atoms. The number of anilines is 1. The number of likely N-dealkylation sites (N-methyl/N-ethyl adjacent to an activating group) is 1. The van der Waals surface area contributed by atoms with Crippen LogP contribution in [0.2, 0.25) is 0 Å². The first-order valence-corrected chi connectivity index (χ1v) is 11.0. The highest BCUT2D eigenvalue weighted by Crippen LogP contribution is 2.29. The number of para-hydroxylation sites is 1. The van der Waals surface area contributed by atoms with Crippen molar-refractivity contribution in [1.82, 2.24) is 29.8 Å². The van der Waals surface area contributed by atoms with Gasteiger partial charge < -0.3 is 20.3 Å². The van der Waals surface area contributed by atoms with Gasteiger partial charge in [0.25, 0.3) is 0 Å². The maximum absolute atomic E-state index is 12.6. The van der Waals surface area contributed by atoms with Crippen LogP contribution in [0.3, 0.4) is 0 Å². The van der Waals surface area contributed by atoms with Gasteiger partial charge in [0.1, 0.15) is 11.8 Å². The van der Waals surface area contributed by atoms with Crippen LogP contribution in [-0.4, -0.2) is 70.2 Å². The van der Waals surface area contributed by atoms with Crippen molar-refractivity contribution >= 4 is 44.3 Å². The lowest BCUT2D eigenvalue weighted by Gasteiger charge is -2.20. The van der Waals surface area contributed by atoms with Crippen LogP contribution in [-0.2, 0) is 4.79 Å². The van der Waals surface area contributed by atoms with Crippen molar-refractivity contribution in [2.75, 3.05) is 39.1 Å². The number of nitrogens with zero attached hydrogens (tertiary/aromatic N) is 5. The predicted octanol–water partition coefficient (Wildman–Crippen LogP) is 2.56. The topological polar surface area (TPSA) is 96.7 Å². The zero-order valence-electron chi connectivity index (χ0n) is 17.7. The van der Waals surface area contributed by atoms with Crippen LogP contribution in [0.15, 0.2) is 46.9 Å². The summed E-state index contributed by atoms with van der Waals surface area (Å²) in [6.07, 6.45) is 0. The number of methoxy groups -OCH3 is 1. The van der Waals surface area contributed by atoms with Gasteiger partial charge in [-0.25, -0.2) is 9.97 Å². The van der Waals surface area contributed by atoms with Gasteiger partial charge in [-0.15, -0.1) is 5.10 Å². The van der Waals surface area contributed by atoms with Gasteiger partial charge in [0.2, 0.25) is 11.9 Å². The molecule has 2 aromatic heterocycles. The Morgan fingerprint density at radius 3 is 2.78 bits per heavy atom. The summed E-state index contributed by atoms with van der Waals surface area (Å²) in [7, 11) is 3.62. The maximum Gasteiger partial charge on any atom is 0.243 e. The van der Waals surface area contributed by atoms with E-state index >= 15 is 0 Å². The van der Waals surface area contributed by atoms with Crippen molar-refractivity contribution in [3.05, 3.63) is 46.9 Å². The molecule has 32 heavy (non-hydrogen) atoms. The van der Waals surface area contributed by atoms with Gasteiger partial charge >= 0.3 is 0 Å². The summed E-state index contributed by atoms with van der Waals surface area (Å²) in [6.45, 7) is 1.97. The highest BCUT2D eigenvalue weighted by atomic mass is 79.9. The minimum absolute atomic E-state index is 0.0629. The lowest BCUT2D eigenvalue weighted by Crippen LogP contribution is -2.42. The molecule has 4 aromatic rings. The molecule has 0 unspecified atom stereocenters. The minimum atomic E-state index is -0.466. The van der Waals surface area contributed by atoms with Crippen LogP contribution < -0.4 is 15.4 Å². The Morgan fingerprint density at radius 1 is 1.19 bits per heavy atom. The summed E-state index contributed by atoms with van der Waals surface area (Å²) in [5.41, 5.74) is 2.26. The van der Waals surface area contributed by atoms with Crippen LogP contribution in [0.4, 0.5) is 5.95 Å². The van der Waals surface area contributed by atoms with E-state index in [1.165, 1.54) is 0 Å². The van der Waals surface area contributed by atoms with Crippen molar-refractivity contribution in [3.63, 3.8) is 0 Å². The number of fused-ring (bicyclic) bond motifs is 3. The quantitative estimate of drug-likeness (QED) is 0.448. The average molecular weight is 496 g/mol. The van der Waals surface area contributed by atoms with Gasteiger partial charge in [-0.3, -0.25) is 4.79 Å². The van der Waals surface area contributed by atoms with E-state index in [1.807, 2.05) is 49.5 Å². The number of hydrogen-bond donors (Lipinski definition) is 2. The molecule has 1 amide bonds. The van der Waals surface area contributed by atoms with Gasteiger partial charge in [-0.1, -0.05) is 6.07 Å². The number of ether oxygens (including phenoxy) is 1. The molecule has 164 valence electrons. The lowest BCUT2D eigenvalue weighted by molar-refractivity contribution is -0.121. The Hall–Kier alpha value is -3.24. The van der Waals surface area contributed by atoms with E-state index in [1.54, 1.807) is 11.6 Å². The summed E-state index contributed by atoms with van der Waals surface area (Å²) in [5, 5.41) is 11.8. The summed E-state index contributed by atoms with van der Waals surface area (Å²) in [4.78, 5) is 24.3. The van der Waals surface area contributed by atoms with Gasteiger partial charge in [0.05, 0.1) is 12.6 Å². The number of rotatable bonds is 4. The van der Waals surface area contributed by atoms with Gasteiger partial charge in [-0.05, 0) is 59.4 Å². The molecule has 0 aliphatic carbocycles. The molecule has 2 aromatic carbocycles. The van der Waals surface area contributed by atoms with Crippen LogP contribution >= 0.6 is 15.9 Å². The van der Waals surface area contributed by atoms with Crippen molar-refractivity contribution in [2.24, 2.45) is 0 Å². The summed E-state index contributed by atoms with van der Waals surface area (Å²) in [5.74, 6) is 1.72. The molecule has 1 saturated heterocycles. The molecule has 0 saturated carbocycles. The van der Waals surface area contributed by atoms with E-state index < -0.39 is 6.04 Å². The van der Waals surface area contributed by atoms with E-state index in [0.717, 1.165) is 33.2 Å². The Bertz CT molecular complexity index is 1310. The van der Waals surface area contributed by atoms with Crippen LogP contribution in [0, 0.1) is 0 Å². The van der Waals surface area contributed by atoms with Crippen molar-refractivity contribution in [2.45, 2.75) is 6.04 Å². The molecule has 9 nitrogen and oxygen atoms in total. The highest BCUT2D eigenvalue weighted by Gasteiger charge is 2.25.